The summed E-state index contributed by atoms with van der Waals surface area (Å²) in [5.41, 5.74) is -0.777. The van der Waals surface area contributed by atoms with Crippen LogP contribution in [0.15, 0.2) is 0 Å². The molecule has 5 nitrogen and oxygen atoms in total. The van der Waals surface area contributed by atoms with Gasteiger partial charge < -0.3 is 15.7 Å². The van der Waals surface area contributed by atoms with Crippen LogP contribution in [0.1, 0.15) is 53.4 Å². The van der Waals surface area contributed by atoms with Gasteiger partial charge in [0.05, 0.1) is 5.41 Å². The maximum Gasteiger partial charge on any atom is 0.315 e. The second-order valence-corrected chi connectivity index (χ2v) is 6.48. The summed E-state index contributed by atoms with van der Waals surface area (Å²) in [6, 6.07) is -0.0916. The molecule has 3 N–H and O–H groups in total. The summed E-state index contributed by atoms with van der Waals surface area (Å²) < 4.78 is 0. The first-order valence-corrected chi connectivity index (χ1v) is 6.99. The predicted molar refractivity (Wildman–Crippen MR) is 74.0 cm³/mol. The van der Waals surface area contributed by atoms with E-state index in [1.165, 1.54) is 0 Å². The zero-order chi connectivity index (χ0) is 14.7. The molecular formula is C14H26N2O3. The molecule has 0 spiro atoms. The summed E-state index contributed by atoms with van der Waals surface area (Å²) >= 11 is 0. The number of carboxylic acids is 1. The summed E-state index contributed by atoms with van der Waals surface area (Å²) in [6.07, 6.45) is 3.71. The first-order chi connectivity index (χ1) is 8.71. The Balaban J connectivity index is 2.46. The van der Waals surface area contributed by atoms with Crippen LogP contribution in [-0.4, -0.2) is 29.7 Å². The lowest BCUT2D eigenvalue weighted by atomic mass is 9.87. The van der Waals surface area contributed by atoms with E-state index in [0.717, 1.165) is 19.3 Å². The molecular weight excluding hydrogens is 244 g/mol. The third kappa shape index (κ3) is 3.85. The third-order valence-electron chi connectivity index (χ3n) is 4.50. The maximum absolute atomic E-state index is 11.9. The van der Waals surface area contributed by atoms with Crippen molar-refractivity contribution < 1.29 is 14.7 Å². The van der Waals surface area contributed by atoms with Crippen LogP contribution in [-0.2, 0) is 4.79 Å². The Bertz CT molecular complexity index is 355. The van der Waals surface area contributed by atoms with Gasteiger partial charge in [0.15, 0.2) is 0 Å². The Kier molecular flexibility index (Phi) is 4.82. The molecule has 1 aliphatic carbocycles. The van der Waals surface area contributed by atoms with Crippen molar-refractivity contribution in [3.63, 3.8) is 0 Å². The quantitative estimate of drug-likeness (QED) is 0.717. The lowest BCUT2D eigenvalue weighted by Crippen LogP contribution is -2.49. The van der Waals surface area contributed by atoms with Crippen LogP contribution in [0, 0.1) is 10.8 Å². The van der Waals surface area contributed by atoms with Crippen molar-refractivity contribution in [1.29, 1.82) is 0 Å². The highest BCUT2D eigenvalue weighted by atomic mass is 16.4. The van der Waals surface area contributed by atoms with Gasteiger partial charge in [-0.05, 0) is 31.6 Å². The fourth-order valence-electron chi connectivity index (χ4n) is 2.43. The molecule has 0 saturated heterocycles. The molecule has 5 heteroatoms. The molecule has 0 aromatic heterocycles. The van der Waals surface area contributed by atoms with Gasteiger partial charge in [-0.3, -0.25) is 4.79 Å². The van der Waals surface area contributed by atoms with Gasteiger partial charge in [0, 0.05) is 12.6 Å². The average molecular weight is 270 g/mol. The average Bonchev–Trinajstić information content (AvgIpc) is 2.65. The number of carbonyl (C=O) groups excluding carboxylic acids is 1. The molecule has 0 aromatic carbocycles. The Morgan fingerprint density at radius 1 is 1.42 bits per heavy atom. The molecule has 110 valence electrons. The van der Waals surface area contributed by atoms with E-state index in [0.29, 0.717) is 6.42 Å². The van der Waals surface area contributed by atoms with Gasteiger partial charge >= 0.3 is 12.0 Å². The summed E-state index contributed by atoms with van der Waals surface area (Å²) in [6.45, 7) is 7.91. The fourth-order valence-corrected chi connectivity index (χ4v) is 2.43. The Morgan fingerprint density at radius 2 is 2.05 bits per heavy atom. The predicted octanol–water partition coefficient (Wildman–Crippen LogP) is 2.37. The second kappa shape index (κ2) is 5.80. The minimum Gasteiger partial charge on any atom is -0.481 e. The smallest absolute Gasteiger partial charge is 0.315 e. The van der Waals surface area contributed by atoms with E-state index in [9.17, 15) is 9.59 Å². The fraction of sp³-hybridized carbons (Fsp3) is 0.857. The molecule has 1 rings (SSSR count). The number of nitrogens with one attached hydrogen (secondary N) is 2. The molecule has 1 aliphatic rings. The van der Waals surface area contributed by atoms with E-state index in [1.54, 1.807) is 6.92 Å². The molecule has 2 amide bonds. The zero-order valence-electron chi connectivity index (χ0n) is 12.4. The second-order valence-electron chi connectivity index (χ2n) is 6.48. The molecule has 2 unspecified atom stereocenters. The van der Waals surface area contributed by atoms with Crippen molar-refractivity contribution in [2.45, 2.75) is 59.4 Å². The summed E-state index contributed by atoms with van der Waals surface area (Å²) in [7, 11) is 0. The molecule has 1 fully saturated rings. The van der Waals surface area contributed by atoms with Gasteiger partial charge in [-0.15, -0.1) is 0 Å². The number of hydrogen-bond acceptors (Lipinski definition) is 2. The minimum absolute atomic E-state index is 0.123. The summed E-state index contributed by atoms with van der Waals surface area (Å²) in [4.78, 5) is 23.0. The van der Waals surface area contributed by atoms with Crippen LogP contribution in [0.3, 0.4) is 0 Å². The number of amides is 2. The normalized spacial score (nSPS) is 24.5. The van der Waals surface area contributed by atoms with Gasteiger partial charge in [0.2, 0.25) is 0 Å². The zero-order valence-corrected chi connectivity index (χ0v) is 12.4. The van der Waals surface area contributed by atoms with Crippen molar-refractivity contribution >= 4 is 12.0 Å². The monoisotopic (exact) mass is 270 g/mol. The molecule has 0 aromatic rings. The minimum atomic E-state index is -0.900. The topological polar surface area (TPSA) is 78.4 Å². The van der Waals surface area contributed by atoms with E-state index in [4.69, 9.17) is 5.11 Å². The van der Waals surface area contributed by atoms with Crippen molar-refractivity contribution in [3.8, 4) is 0 Å². The standard InChI is InChI=1S/C14H26N2O3/c1-5-14(4,11(17)18)9-15-12(19)16-10-7-6-8-13(10,2)3/h10H,5-9H2,1-4H3,(H,17,18)(H2,15,16,19). The van der Waals surface area contributed by atoms with Crippen molar-refractivity contribution in [1.82, 2.24) is 10.6 Å². The van der Waals surface area contributed by atoms with Gasteiger partial charge in [0.1, 0.15) is 0 Å². The van der Waals surface area contributed by atoms with E-state index >= 15 is 0 Å². The first-order valence-electron chi connectivity index (χ1n) is 6.99. The molecule has 1 saturated carbocycles. The number of carboxylic acid groups (broad SMARTS) is 1. The largest absolute Gasteiger partial charge is 0.481 e. The highest BCUT2D eigenvalue weighted by molar-refractivity contribution is 5.78. The van der Waals surface area contributed by atoms with Crippen LogP contribution < -0.4 is 10.6 Å². The summed E-state index contributed by atoms with van der Waals surface area (Å²) in [5.74, 6) is -0.878. The molecule has 0 heterocycles. The number of rotatable bonds is 5. The van der Waals surface area contributed by atoms with Gasteiger partial charge in [-0.25, -0.2) is 4.79 Å². The Morgan fingerprint density at radius 3 is 2.47 bits per heavy atom. The van der Waals surface area contributed by atoms with Crippen LogP contribution >= 0.6 is 0 Å². The number of aliphatic carboxylic acids is 1. The Hall–Kier alpha value is -1.26. The van der Waals surface area contributed by atoms with Crippen molar-refractivity contribution in [2.24, 2.45) is 10.8 Å². The lowest BCUT2D eigenvalue weighted by molar-refractivity contribution is -0.147. The number of urea groups is 1. The highest BCUT2D eigenvalue weighted by Crippen LogP contribution is 2.37. The third-order valence-corrected chi connectivity index (χ3v) is 4.50. The van der Waals surface area contributed by atoms with Crippen molar-refractivity contribution in [2.75, 3.05) is 6.54 Å². The van der Waals surface area contributed by atoms with E-state index in [-0.39, 0.29) is 24.0 Å². The lowest BCUT2D eigenvalue weighted by Gasteiger charge is -2.29. The van der Waals surface area contributed by atoms with E-state index < -0.39 is 11.4 Å². The van der Waals surface area contributed by atoms with Gasteiger partial charge in [-0.2, -0.15) is 0 Å². The van der Waals surface area contributed by atoms with E-state index in [2.05, 4.69) is 24.5 Å². The van der Waals surface area contributed by atoms with Gasteiger partial charge in [-0.1, -0.05) is 27.2 Å². The number of hydrogen-bond donors (Lipinski definition) is 3. The van der Waals surface area contributed by atoms with Crippen molar-refractivity contribution in [3.05, 3.63) is 0 Å². The molecule has 0 aliphatic heterocycles. The molecule has 0 bridgehead atoms. The van der Waals surface area contributed by atoms with E-state index in [1.807, 2.05) is 6.92 Å². The van der Waals surface area contributed by atoms with Gasteiger partial charge in [0.25, 0.3) is 0 Å². The summed E-state index contributed by atoms with van der Waals surface area (Å²) in [5, 5.41) is 14.8. The van der Waals surface area contributed by atoms with Crippen LogP contribution in [0.5, 0.6) is 0 Å². The van der Waals surface area contributed by atoms with Crippen LogP contribution in [0.2, 0.25) is 0 Å². The van der Waals surface area contributed by atoms with Crippen LogP contribution in [0.25, 0.3) is 0 Å². The first kappa shape index (κ1) is 15.8. The SMILES string of the molecule is CCC(C)(CNC(=O)NC1CCCC1(C)C)C(=O)O. The number of carbonyl (C=O) groups is 2. The maximum atomic E-state index is 11.9. The molecule has 2 atom stereocenters. The highest BCUT2D eigenvalue weighted by Gasteiger charge is 2.36. The molecule has 19 heavy (non-hydrogen) atoms. The molecule has 0 radical (unpaired) electrons. The Labute approximate surface area is 115 Å². The van der Waals surface area contributed by atoms with Crippen LogP contribution in [0.4, 0.5) is 4.79 Å².